The van der Waals surface area contributed by atoms with Crippen LogP contribution in [0, 0.1) is 13.8 Å². The lowest BCUT2D eigenvalue weighted by atomic mass is 9.96. The van der Waals surface area contributed by atoms with Crippen LogP contribution in [-0.4, -0.2) is 51.6 Å². The highest BCUT2D eigenvalue weighted by Crippen LogP contribution is 2.33. The van der Waals surface area contributed by atoms with Gasteiger partial charge >= 0.3 is 0 Å². The fraction of sp³-hybridized carbons (Fsp3) is 0.522. The Labute approximate surface area is 172 Å². The molecule has 0 radical (unpaired) electrons. The molecule has 1 aromatic carbocycles. The first-order valence-electron chi connectivity index (χ1n) is 10.6. The topological polar surface area (TPSA) is 62.5 Å². The Hall–Kier alpha value is -2.47. The summed E-state index contributed by atoms with van der Waals surface area (Å²) in [6, 6.07) is 8.07. The second-order valence-corrected chi connectivity index (χ2v) is 8.62. The lowest BCUT2D eigenvalue weighted by Gasteiger charge is -2.36. The molecular formula is C23H31N5O. The molecule has 3 aromatic rings. The van der Waals surface area contributed by atoms with Crippen molar-refractivity contribution in [3.05, 3.63) is 41.2 Å². The van der Waals surface area contributed by atoms with Crippen LogP contribution in [0.4, 0.5) is 0 Å². The summed E-state index contributed by atoms with van der Waals surface area (Å²) in [6.07, 6.45) is 5.96. The molecule has 0 bridgehead atoms. The summed E-state index contributed by atoms with van der Waals surface area (Å²) in [4.78, 5) is 19.7. The van der Waals surface area contributed by atoms with Gasteiger partial charge in [0.25, 0.3) is 0 Å². The monoisotopic (exact) mass is 393 g/mol. The van der Waals surface area contributed by atoms with Crippen LogP contribution in [0.25, 0.3) is 16.6 Å². The van der Waals surface area contributed by atoms with E-state index in [0.29, 0.717) is 12.8 Å². The molecule has 4 rings (SSSR count). The number of fused-ring (bicyclic) bond motifs is 3. The van der Waals surface area contributed by atoms with Gasteiger partial charge < -0.3 is 10.2 Å². The maximum atomic E-state index is 12.6. The van der Waals surface area contributed by atoms with Crippen LogP contribution in [0.3, 0.4) is 0 Å². The van der Waals surface area contributed by atoms with Crippen molar-refractivity contribution in [1.29, 1.82) is 0 Å². The average Bonchev–Trinajstić information content (AvgIpc) is 3.32. The van der Waals surface area contributed by atoms with Gasteiger partial charge in [-0.05, 0) is 64.9 Å². The van der Waals surface area contributed by atoms with Gasteiger partial charge in [-0.25, -0.2) is 9.50 Å². The summed E-state index contributed by atoms with van der Waals surface area (Å²) >= 11 is 0. The van der Waals surface area contributed by atoms with Crippen molar-refractivity contribution in [2.24, 2.45) is 0 Å². The molecule has 0 spiro atoms. The molecule has 1 N–H and O–H groups in total. The fourth-order valence-corrected chi connectivity index (χ4v) is 4.74. The van der Waals surface area contributed by atoms with Crippen LogP contribution >= 0.6 is 0 Å². The van der Waals surface area contributed by atoms with Crippen LogP contribution in [0.5, 0.6) is 0 Å². The molecule has 6 heteroatoms. The second kappa shape index (κ2) is 7.75. The van der Waals surface area contributed by atoms with Gasteiger partial charge in [0.05, 0.1) is 5.52 Å². The number of carbonyl (C=O) groups excluding carboxylic acids is 1. The Kier molecular flexibility index (Phi) is 5.30. The van der Waals surface area contributed by atoms with Crippen LogP contribution in [0.1, 0.15) is 49.1 Å². The zero-order chi connectivity index (χ0) is 20.6. The maximum absolute atomic E-state index is 12.6. The number of aryl methyl sites for hydroxylation is 2. The number of hydrogen-bond donors (Lipinski definition) is 1. The summed E-state index contributed by atoms with van der Waals surface area (Å²) in [5.74, 6) is 0.114. The molecule has 1 fully saturated rings. The molecule has 0 saturated heterocycles. The Bertz CT molecular complexity index is 1050. The summed E-state index contributed by atoms with van der Waals surface area (Å²) in [7, 11) is 4.25. The second-order valence-electron chi connectivity index (χ2n) is 8.62. The Morgan fingerprint density at radius 3 is 2.66 bits per heavy atom. The van der Waals surface area contributed by atoms with E-state index in [9.17, 15) is 4.79 Å². The Morgan fingerprint density at radius 1 is 1.21 bits per heavy atom. The first-order chi connectivity index (χ1) is 13.9. The highest BCUT2D eigenvalue weighted by molar-refractivity contribution is 5.92. The van der Waals surface area contributed by atoms with Gasteiger partial charge in [0.1, 0.15) is 0 Å². The molecule has 0 unspecified atom stereocenters. The zero-order valence-corrected chi connectivity index (χ0v) is 18.0. The van der Waals surface area contributed by atoms with Gasteiger partial charge in [0.2, 0.25) is 5.91 Å². The number of hydrogen-bond acceptors (Lipinski definition) is 4. The first kappa shape index (κ1) is 19.8. The average molecular weight is 394 g/mol. The molecule has 1 amide bonds. The SMILES string of the molecule is Cc1nc2c3ccccc3nn2c(C)c1CCC(=O)NCC1(N(C)C)CCCC1. The van der Waals surface area contributed by atoms with E-state index in [4.69, 9.17) is 10.1 Å². The number of nitrogens with zero attached hydrogens (tertiary/aromatic N) is 4. The van der Waals surface area contributed by atoms with Crippen LogP contribution in [0.2, 0.25) is 0 Å². The van der Waals surface area contributed by atoms with Crippen molar-refractivity contribution < 1.29 is 4.79 Å². The lowest BCUT2D eigenvalue weighted by Crippen LogP contribution is -2.50. The number of likely N-dealkylation sites (N-methyl/N-ethyl adjacent to an activating group) is 1. The molecule has 2 heterocycles. The predicted molar refractivity (Wildman–Crippen MR) is 116 cm³/mol. The number of rotatable bonds is 6. The number of benzene rings is 1. The number of amides is 1. The minimum Gasteiger partial charge on any atom is -0.354 e. The third-order valence-electron chi connectivity index (χ3n) is 6.72. The van der Waals surface area contributed by atoms with E-state index >= 15 is 0 Å². The Morgan fingerprint density at radius 2 is 1.93 bits per heavy atom. The normalized spacial score (nSPS) is 16.2. The van der Waals surface area contributed by atoms with Crippen molar-refractivity contribution in [3.63, 3.8) is 0 Å². The van der Waals surface area contributed by atoms with E-state index in [-0.39, 0.29) is 11.4 Å². The minimum atomic E-state index is 0.114. The van der Waals surface area contributed by atoms with Crippen LogP contribution in [0.15, 0.2) is 24.3 Å². The van der Waals surface area contributed by atoms with Crippen molar-refractivity contribution in [2.45, 2.75) is 57.9 Å². The molecule has 2 aromatic heterocycles. The molecule has 29 heavy (non-hydrogen) atoms. The Balaban J connectivity index is 1.48. The largest absolute Gasteiger partial charge is 0.354 e. The highest BCUT2D eigenvalue weighted by atomic mass is 16.1. The van der Waals surface area contributed by atoms with Crippen molar-refractivity contribution in [2.75, 3.05) is 20.6 Å². The van der Waals surface area contributed by atoms with Gasteiger partial charge in [0.15, 0.2) is 5.65 Å². The van der Waals surface area contributed by atoms with Gasteiger partial charge in [-0.15, -0.1) is 0 Å². The molecule has 0 atom stereocenters. The molecule has 1 saturated carbocycles. The third kappa shape index (κ3) is 3.62. The summed E-state index contributed by atoms with van der Waals surface area (Å²) < 4.78 is 1.92. The number of aromatic nitrogens is 3. The molecule has 1 aliphatic rings. The molecule has 1 aliphatic carbocycles. The summed E-state index contributed by atoms with van der Waals surface area (Å²) in [5.41, 5.74) is 5.12. The van der Waals surface area contributed by atoms with E-state index in [1.165, 1.54) is 12.8 Å². The minimum absolute atomic E-state index is 0.114. The van der Waals surface area contributed by atoms with E-state index in [0.717, 1.165) is 52.9 Å². The molecule has 6 nitrogen and oxygen atoms in total. The van der Waals surface area contributed by atoms with Crippen molar-refractivity contribution in [3.8, 4) is 0 Å². The van der Waals surface area contributed by atoms with Crippen LogP contribution < -0.4 is 5.32 Å². The predicted octanol–water partition coefficient (Wildman–Crippen LogP) is 3.42. The summed E-state index contributed by atoms with van der Waals surface area (Å²) in [6.45, 7) is 4.83. The van der Waals surface area contributed by atoms with Crippen molar-refractivity contribution in [1.82, 2.24) is 24.8 Å². The standard InChI is InChI=1S/C23H31N5O/c1-16-18(11-12-21(29)24-15-23(27(3)4)13-7-8-14-23)17(2)28-22(25-16)19-9-5-6-10-20(19)26-28/h5-6,9-10H,7-8,11-15H2,1-4H3,(H,24,29). The van der Waals surface area contributed by atoms with Gasteiger partial charge in [0, 0.05) is 35.3 Å². The number of carbonyl (C=O) groups is 1. The van der Waals surface area contributed by atoms with E-state index in [2.05, 4.69) is 37.3 Å². The van der Waals surface area contributed by atoms with E-state index in [1.807, 2.05) is 29.6 Å². The fourth-order valence-electron chi connectivity index (χ4n) is 4.74. The smallest absolute Gasteiger partial charge is 0.220 e. The third-order valence-corrected chi connectivity index (χ3v) is 6.72. The van der Waals surface area contributed by atoms with Crippen molar-refractivity contribution >= 4 is 22.5 Å². The summed E-state index contributed by atoms with van der Waals surface area (Å²) in [5, 5.41) is 8.96. The quantitative estimate of drug-likeness (QED) is 0.697. The molecule has 0 aliphatic heterocycles. The highest BCUT2D eigenvalue weighted by Gasteiger charge is 2.36. The van der Waals surface area contributed by atoms with Gasteiger partial charge in [-0.3, -0.25) is 4.79 Å². The maximum Gasteiger partial charge on any atom is 0.220 e. The zero-order valence-electron chi connectivity index (χ0n) is 18.0. The van der Waals surface area contributed by atoms with Crippen LogP contribution in [-0.2, 0) is 11.2 Å². The molecule has 154 valence electrons. The van der Waals surface area contributed by atoms with Gasteiger partial charge in [-0.2, -0.15) is 5.10 Å². The van der Waals surface area contributed by atoms with E-state index in [1.54, 1.807) is 0 Å². The van der Waals surface area contributed by atoms with Gasteiger partial charge in [-0.1, -0.05) is 25.0 Å². The van der Waals surface area contributed by atoms with E-state index < -0.39 is 0 Å². The number of nitrogens with one attached hydrogen (secondary N) is 1. The lowest BCUT2D eigenvalue weighted by molar-refractivity contribution is -0.121. The first-order valence-corrected chi connectivity index (χ1v) is 10.6. The molecular weight excluding hydrogens is 362 g/mol.